The van der Waals surface area contributed by atoms with Gasteiger partial charge in [-0.05, 0) is 47.8 Å². The minimum atomic E-state index is -1.11. The van der Waals surface area contributed by atoms with Crippen LogP contribution < -0.4 is 32.7 Å². The van der Waals surface area contributed by atoms with Crippen LogP contribution in [-0.4, -0.2) is 59.7 Å². The van der Waals surface area contributed by atoms with Crippen molar-refractivity contribution in [1.29, 1.82) is 0 Å². The van der Waals surface area contributed by atoms with Crippen molar-refractivity contribution in [3.8, 4) is 0 Å². The van der Waals surface area contributed by atoms with E-state index < -0.39 is 59.7 Å². The summed E-state index contributed by atoms with van der Waals surface area (Å²) in [6.45, 7) is 7.65. The van der Waals surface area contributed by atoms with Crippen molar-refractivity contribution >= 4 is 29.5 Å². The number of carbonyl (C=O) groups is 5. The Hall–Kier alpha value is -5.03. The molecule has 268 valence electrons. The number of amides is 5. The minimum absolute atomic E-state index is 0.0101. The highest BCUT2D eigenvalue weighted by Gasteiger charge is 2.32. The van der Waals surface area contributed by atoms with E-state index in [9.17, 15) is 24.0 Å². The number of nitrogens with two attached hydrogens (primary N) is 2. The van der Waals surface area contributed by atoms with E-state index in [0.717, 1.165) is 16.7 Å². The molecule has 0 radical (unpaired) electrons. The van der Waals surface area contributed by atoms with Crippen LogP contribution in [0.5, 0.6) is 0 Å². The number of benzene rings is 3. The van der Waals surface area contributed by atoms with E-state index >= 15 is 0 Å². The molecule has 5 atom stereocenters. The largest absolute Gasteiger partial charge is 0.368 e. The molecule has 11 heteroatoms. The average molecular weight is 685 g/mol. The van der Waals surface area contributed by atoms with Gasteiger partial charge in [0.15, 0.2) is 0 Å². The van der Waals surface area contributed by atoms with Crippen LogP contribution in [0.1, 0.15) is 57.2 Å². The van der Waals surface area contributed by atoms with Crippen LogP contribution in [0.15, 0.2) is 91.0 Å². The zero-order valence-corrected chi connectivity index (χ0v) is 29.4. The first-order valence-corrected chi connectivity index (χ1v) is 17.2. The average Bonchev–Trinajstić information content (AvgIpc) is 3.07. The molecule has 0 aromatic heterocycles. The predicted molar refractivity (Wildman–Crippen MR) is 194 cm³/mol. The number of carbonyl (C=O) groups excluding carboxylic acids is 5. The summed E-state index contributed by atoms with van der Waals surface area (Å²) >= 11 is 0. The summed E-state index contributed by atoms with van der Waals surface area (Å²) in [5.41, 5.74) is 14.3. The van der Waals surface area contributed by atoms with Crippen LogP contribution >= 0.6 is 0 Å². The number of hydrogen-bond acceptors (Lipinski definition) is 6. The summed E-state index contributed by atoms with van der Waals surface area (Å²) in [4.78, 5) is 66.9. The predicted octanol–water partition coefficient (Wildman–Crippen LogP) is 2.56. The lowest BCUT2D eigenvalue weighted by Gasteiger charge is -2.27. The Labute approximate surface area is 295 Å². The van der Waals surface area contributed by atoms with Crippen LogP contribution in [0.3, 0.4) is 0 Å². The van der Waals surface area contributed by atoms with Crippen molar-refractivity contribution in [1.82, 2.24) is 21.3 Å². The second-order valence-electron chi connectivity index (χ2n) is 13.6. The highest BCUT2D eigenvalue weighted by molar-refractivity contribution is 5.96. The normalized spacial score (nSPS) is 14.1. The fourth-order valence-corrected chi connectivity index (χ4v) is 5.60. The third-order valence-corrected chi connectivity index (χ3v) is 8.17. The zero-order chi connectivity index (χ0) is 36.6. The maximum Gasteiger partial charge on any atom is 0.243 e. The lowest BCUT2D eigenvalue weighted by Crippen LogP contribution is -2.59. The molecule has 11 nitrogen and oxygen atoms in total. The third-order valence-electron chi connectivity index (χ3n) is 8.17. The van der Waals surface area contributed by atoms with Gasteiger partial charge in [0.05, 0.1) is 6.04 Å². The first-order valence-electron chi connectivity index (χ1n) is 17.2. The first-order chi connectivity index (χ1) is 23.8. The lowest BCUT2D eigenvalue weighted by atomic mass is 9.99. The Balaban J connectivity index is 1.86. The molecule has 50 heavy (non-hydrogen) atoms. The monoisotopic (exact) mass is 684 g/mol. The van der Waals surface area contributed by atoms with Crippen molar-refractivity contribution in [2.24, 2.45) is 23.3 Å². The molecule has 0 aliphatic heterocycles. The van der Waals surface area contributed by atoms with E-state index in [1.807, 2.05) is 119 Å². The topological polar surface area (TPSA) is 186 Å². The summed E-state index contributed by atoms with van der Waals surface area (Å²) in [6, 6.07) is 22.7. The van der Waals surface area contributed by atoms with E-state index in [1.54, 1.807) is 0 Å². The highest BCUT2D eigenvalue weighted by atomic mass is 16.2. The summed E-state index contributed by atoms with van der Waals surface area (Å²) in [6.07, 6.45) is 1.17. The summed E-state index contributed by atoms with van der Waals surface area (Å²) in [5, 5.41) is 11.2. The molecule has 0 spiro atoms. The standard InChI is InChI=1S/C39H52N6O5/c1-25(2)20-31(35(41)46)42-37(48)32(21-26(3)4)44-39(50)34(24-29-18-12-7-13-19-29)45-38(49)33(23-28-16-10-6-11-17-28)43-36(47)30(40)22-27-14-8-5-9-15-27/h5-19,25-26,30-34H,20-24,40H2,1-4H3,(H2,41,46)(H,42,48)(H,43,47)(H,44,50)(H,45,49)/t30-,31+,32+,33+,34-/m1/s1. The van der Waals surface area contributed by atoms with Gasteiger partial charge in [-0.25, -0.2) is 0 Å². The first kappa shape index (κ1) is 39.4. The molecule has 8 N–H and O–H groups in total. The van der Waals surface area contributed by atoms with Crippen LogP contribution in [0, 0.1) is 11.8 Å². The van der Waals surface area contributed by atoms with E-state index in [-0.39, 0.29) is 37.5 Å². The van der Waals surface area contributed by atoms with Gasteiger partial charge < -0.3 is 32.7 Å². The molecule has 0 saturated carbocycles. The fourth-order valence-electron chi connectivity index (χ4n) is 5.60. The van der Waals surface area contributed by atoms with Gasteiger partial charge >= 0.3 is 0 Å². The molecule has 0 aliphatic carbocycles. The third kappa shape index (κ3) is 13.5. The zero-order valence-electron chi connectivity index (χ0n) is 29.4. The number of primary amides is 1. The van der Waals surface area contributed by atoms with Crippen LogP contribution in [-0.2, 0) is 43.2 Å². The number of nitrogens with one attached hydrogen (secondary N) is 4. The van der Waals surface area contributed by atoms with E-state index in [1.165, 1.54) is 0 Å². The van der Waals surface area contributed by atoms with Gasteiger partial charge in [0, 0.05) is 12.8 Å². The van der Waals surface area contributed by atoms with Crippen LogP contribution in [0.4, 0.5) is 0 Å². The van der Waals surface area contributed by atoms with Gasteiger partial charge in [0.2, 0.25) is 29.5 Å². The molecule has 0 bridgehead atoms. The molecule has 0 saturated heterocycles. The molecular weight excluding hydrogens is 632 g/mol. The van der Waals surface area contributed by atoms with E-state index in [2.05, 4.69) is 21.3 Å². The molecule has 3 aromatic carbocycles. The minimum Gasteiger partial charge on any atom is -0.368 e. The van der Waals surface area contributed by atoms with E-state index in [0.29, 0.717) is 6.42 Å². The Morgan fingerprint density at radius 3 is 1.20 bits per heavy atom. The molecule has 0 unspecified atom stereocenters. The van der Waals surface area contributed by atoms with Crippen LogP contribution in [0.2, 0.25) is 0 Å². The van der Waals surface area contributed by atoms with E-state index in [4.69, 9.17) is 11.5 Å². The smallest absolute Gasteiger partial charge is 0.243 e. The Bertz CT molecular complexity index is 1530. The van der Waals surface area contributed by atoms with Gasteiger partial charge in [0.1, 0.15) is 24.2 Å². The second kappa shape index (κ2) is 19.8. The van der Waals surface area contributed by atoms with Gasteiger partial charge in [0.25, 0.3) is 0 Å². The number of hydrogen-bond donors (Lipinski definition) is 6. The summed E-state index contributed by atoms with van der Waals surface area (Å²) in [7, 11) is 0. The molecular formula is C39H52N6O5. The van der Waals surface area contributed by atoms with Gasteiger partial charge in [-0.3, -0.25) is 24.0 Å². The maximum absolute atomic E-state index is 14.0. The Morgan fingerprint density at radius 1 is 0.480 bits per heavy atom. The Kier molecular flexibility index (Phi) is 15.6. The van der Waals surface area contributed by atoms with Gasteiger partial charge in [-0.15, -0.1) is 0 Å². The molecule has 0 heterocycles. The van der Waals surface area contributed by atoms with Crippen molar-refractivity contribution in [3.63, 3.8) is 0 Å². The Morgan fingerprint density at radius 2 is 0.800 bits per heavy atom. The highest BCUT2D eigenvalue weighted by Crippen LogP contribution is 2.12. The molecule has 3 aromatic rings. The van der Waals surface area contributed by atoms with Crippen molar-refractivity contribution in [2.75, 3.05) is 0 Å². The molecule has 5 amide bonds. The lowest BCUT2D eigenvalue weighted by molar-refractivity contribution is -0.134. The molecule has 0 aliphatic rings. The van der Waals surface area contributed by atoms with Crippen LogP contribution in [0.25, 0.3) is 0 Å². The summed E-state index contributed by atoms with van der Waals surface area (Å²) in [5.74, 6) is -2.78. The molecule has 0 fully saturated rings. The maximum atomic E-state index is 14.0. The summed E-state index contributed by atoms with van der Waals surface area (Å²) < 4.78 is 0. The van der Waals surface area contributed by atoms with Gasteiger partial charge in [-0.1, -0.05) is 119 Å². The van der Waals surface area contributed by atoms with Crippen molar-refractivity contribution in [2.45, 2.75) is 90.0 Å². The fraction of sp³-hybridized carbons (Fsp3) is 0.410. The van der Waals surface area contributed by atoms with Crippen molar-refractivity contribution < 1.29 is 24.0 Å². The molecule has 3 rings (SSSR count). The number of rotatable bonds is 19. The second-order valence-corrected chi connectivity index (χ2v) is 13.6. The van der Waals surface area contributed by atoms with Gasteiger partial charge in [-0.2, -0.15) is 0 Å². The quantitative estimate of drug-likeness (QED) is 0.113. The van der Waals surface area contributed by atoms with Crippen molar-refractivity contribution in [3.05, 3.63) is 108 Å². The SMILES string of the molecule is CC(C)C[C@H](NC(=O)[C@H](CC(C)C)NC(=O)[C@@H](Cc1ccccc1)NC(=O)[C@H](Cc1ccccc1)NC(=O)[C@H](N)Cc1ccccc1)C(N)=O.